The number of aliphatic hydroxyl groups excluding tert-OH is 1. The van der Waals surface area contributed by atoms with E-state index in [0.29, 0.717) is 26.4 Å². The predicted octanol–water partition coefficient (Wildman–Crippen LogP) is 2.35. The summed E-state index contributed by atoms with van der Waals surface area (Å²) in [5.74, 6) is 0. The first kappa shape index (κ1) is 17.1. The summed E-state index contributed by atoms with van der Waals surface area (Å²) in [4.78, 5) is 0. The van der Waals surface area contributed by atoms with Gasteiger partial charge in [-0.2, -0.15) is 0 Å². The maximum absolute atomic E-state index is 10.2. The summed E-state index contributed by atoms with van der Waals surface area (Å²) in [6.45, 7) is 6.11. The van der Waals surface area contributed by atoms with Gasteiger partial charge in [-0.05, 0) is 24.5 Å². The minimum atomic E-state index is -0.611. The van der Waals surface area contributed by atoms with E-state index in [1.54, 1.807) is 7.11 Å². The smallest absolute Gasteiger partial charge is 0.105 e. The van der Waals surface area contributed by atoms with E-state index in [4.69, 9.17) is 14.2 Å². The fourth-order valence-electron chi connectivity index (χ4n) is 1.85. The number of hydrogen-bond donors (Lipinski definition) is 1. The zero-order valence-corrected chi connectivity index (χ0v) is 12.7. The Bertz CT molecular complexity index is 350. The Morgan fingerprint density at radius 1 is 1.05 bits per heavy atom. The molecule has 1 aromatic rings. The van der Waals surface area contributed by atoms with Gasteiger partial charge in [0.15, 0.2) is 0 Å². The van der Waals surface area contributed by atoms with Crippen molar-refractivity contribution in [3.63, 3.8) is 0 Å². The number of aliphatic hydroxyl groups is 1. The van der Waals surface area contributed by atoms with Crippen molar-refractivity contribution in [3.05, 3.63) is 35.4 Å². The van der Waals surface area contributed by atoms with Crippen molar-refractivity contribution in [1.82, 2.24) is 0 Å². The number of aryl methyl sites for hydroxylation is 1. The highest BCUT2D eigenvalue weighted by Gasteiger charge is 2.16. The van der Waals surface area contributed by atoms with Gasteiger partial charge in [-0.25, -0.2) is 0 Å². The van der Waals surface area contributed by atoms with E-state index in [1.165, 1.54) is 5.56 Å². The van der Waals surface area contributed by atoms with E-state index in [0.717, 1.165) is 12.0 Å². The van der Waals surface area contributed by atoms with Gasteiger partial charge < -0.3 is 19.3 Å². The highest BCUT2D eigenvalue weighted by Crippen LogP contribution is 2.19. The average Bonchev–Trinajstić information content (AvgIpc) is 2.50. The molecular formula is C16H26O4. The number of ether oxygens (including phenoxy) is 3. The van der Waals surface area contributed by atoms with Crippen LogP contribution in [0.4, 0.5) is 0 Å². The average molecular weight is 282 g/mol. The quantitative estimate of drug-likeness (QED) is 0.669. The Labute approximate surface area is 121 Å². The summed E-state index contributed by atoms with van der Waals surface area (Å²) in [6, 6.07) is 8.00. The first-order valence-electron chi connectivity index (χ1n) is 7.14. The Balaban J connectivity index is 2.28. The molecule has 0 aliphatic heterocycles. The first-order chi connectivity index (χ1) is 9.69. The van der Waals surface area contributed by atoms with E-state index < -0.39 is 6.10 Å². The van der Waals surface area contributed by atoms with E-state index in [9.17, 15) is 5.11 Å². The van der Waals surface area contributed by atoms with Crippen LogP contribution >= 0.6 is 0 Å². The van der Waals surface area contributed by atoms with E-state index in [2.05, 4.69) is 6.92 Å². The summed E-state index contributed by atoms with van der Waals surface area (Å²) < 4.78 is 15.8. The fraction of sp³-hybridized carbons (Fsp3) is 0.625. The molecule has 0 heterocycles. The maximum atomic E-state index is 10.2. The summed E-state index contributed by atoms with van der Waals surface area (Å²) in [6.07, 6.45) is 0.134. The molecule has 0 fully saturated rings. The van der Waals surface area contributed by atoms with Crippen molar-refractivity contribution in [2.75, 3.05) is 33.5 Å². The van der Waals surface area contributed by atoms with Crippen molar-refractivity contribution in [1.29, 1.82) is 0 Å². The van der Waals surface area contributed by atoms with Crippen LogP contribution in [0.1, 0.15) is 31.1 Å². The van der Waals surface area contributed by atoms with Crippen LogP contribution in [0.15, 0.2) is 24.3 Å². The lowest BCUT2D eigenvalue weighted by Crippen LogP contribution is -2.21. The van der Waals surface area contributed by atoms with Gasteiger partial charge in [0.05, 0.1) is 32.5 Å². The Morgan fingerprint density at radius 2 is 1.70 bits per heavy atom. The molecular weight excluding hydrogens is 256 g/mol. The molecule has 4 heteroatoms. The number of benzene rings is 1. The normalized spacial score (nSPS) is 14.2. The van der Waals surface area contributed by atoms with Crippen molar-refractivity contribution in [2.24, 2.45) is 0 Å². The van der Waals surface area contributed by atoms with Crippen LogP contribution in [0, 0.1) is 0 Å². The van der Waals surface area contributed by atoms with Gasteiger partial charge in [0.1, 0.15) is 6.10 Å². The topological polar surface area (TPSA) is 47.9 Å². The minimum absolute atomic E-state index is 0.256. The lowest BCUT2D eigenvalue weighted by molar-refractivity contribution is -0.0517. The lowest BCUT2D eigenvalue weighted by atomic mass is 10.0. The molecule has 0 bridgehead atoms. The van der Waals surface area contributed by atoms with Crippen LogP contribution in [0.2, 0.25) is 0 Å². The maximum Gasteiger partial charge on any atom is 0.105 e. The highest BCUT2D eigenvalue weighted by molar-refractivity contribution is 5.24. The summed E-state index contributed by atoms with van der Waals surface area (Å²) in [5, 5.41) is 10.2. The molecule has 0 aliphatic rings. The third-order valence-corrected chi connectivity index (χ3v) is 3.21. The molecule has 114 valence electrons. The SMILES string of the molecule is CCc1ccc(C(O)C(C)OCCOCCOC)cc1. The summed E-state index contributed by atoms with van der Waals surface area (Å²) >= 11 is 0. The molecule has 4 nitrogen and oxygen atoms in total. The van der Waals surface area contributed by atoms with Crippen molar-refractivity contribution >= 4 is 0 Å². The van der Waals surface area contributed by atoms with Gasteiger partial charge in [0.25, 0.3) is 0 Å². The van der Waals surface area contributed by atoms with Crippen LogP contribution in [0.5, 0.6) is 0 Å². The van der Waals surface area contributed by atoms with Crippen LogP contribution in [-0.2, 0) is 20.6 Å². The highest BCUT2D eigenvalue weighted by atomic mass is 16.5. The first-order valence-corrected chi connectivity index (χ1v) is 7.14. The fourth-order valence-corrected chi connectivity index (χ4v) is 1.85. The molecule has 0 saturated heterocycles. The molecule has 0 spiro atoms. The standard InChI is InChI=1S/C16H26O4/c1-4-14-5-7-15(8-6-14)16(17)13(2)20-12-11-19-10-9-18-3/h5-8,13,16-17H,4,9-12H2,1-3H3. The molecule has 0 radical (unpaired) electrons. The number of hydrogen-bond acceptors (Lipinski definition) is 4. The molecule has 0 aliphatic carbocycles. The molecule has 0 saturated carbocycles. The molecule has 0 amide bonds. The van der Waals surface area contributed by atoms with Gasteiger partial charge in [-0.15, -0.1) is 0 Å². The minimum Gasteiger partial charge on any atom is -0.386 e. The zero-order valence-electron chi connectivity index (χ0n) is 12.7. The van der Waals surface area contributed by atoms with Crippen LogP contribution < -0.4 is 0 Å². The van der Waals surface area contributed by atoms with Crippen LogP contribution in [-0.4, -0.2) is 44.7 Å². The molecule has 1 aromatic carbocycles. The summed E-state index contributed by atoms with van der Waals surface area (Å²) in [7, 11) is 1.64. The molecule has 2 atom stereocenters. The van der Waals surface area contributed by atoms with Crippen LogP contribution in [0.3, 0.4) is 0 Å². The van der Waals surface area contributed by atoms with E-state index in [1.807, 2.05) is 31.2 Å². The second-order valence-corrected chi connectivity index (χ2v) is 4.72. The van der Waals surface area contributed by atoms with Gasteiger partial charge in [0, 0.05) is 7.11 Å². The van der Waals surface area contributed by atoms with Crippen LogP contribution in [0.25, 0.3) is 0 Å². The Morgan fingerprint density at radius 3 is 2.30 bits per heavy atom. The number of methoxy groups -OCH3 is 1. The van der Waals surface area contributed by atoms with Gasteiger partial charge in [0.2, 0.25) is 0 Å². The second kappa shape index (κ2) is 9.88. The molecule has 1 N–H and O–H groups in total. The number of rotatable bonds is 10. The van der Waals surface area contributed by atoms with Gasteiger partial charge in [-0.3, -0.25) is 0 Å². The Hall–Kier alpha value is -0.940. The third kappa shape index (κ3) is 6.01. The Kier molecular flexibility index (Phi) is 8.46. The van der Waals surface area contributed by atoms with Crippen molar-refractivity contribution in [3.8, 4) is 0 Å². The molecule has 2 unspecified atom stereocenters. The largest absolute Gasteiger partial charge is 0.386 e. The third-order valence-electron chi connectivity index (χ3n) is 3.21. The predicted molar refractivity (Wildman–Crippen MR) is 78.9 cm³/mol. The monoisotopic (exact) mass is 282 g/mol. The van der Waals surface area contributed by atoms with Gasteiger partial charge in [-0.1, -0.05) is 31.2 Å². The van der Waals surface area contributed by atoms with E-state index >= 15 is 0 Å². The molecule has 20 heavy (non-hydrogen) atoms. The van der Waals surface area contributed by atoms with E-state index in [-0.39, 0.29) is 6.10 Å². The molecule has 0 aromatic heterocycles. The van der Waals surface area contributed by atoms with Crippen molar-refractivity contribution < 1.29 is 19.3 Å². The zero-order chi connectivity index (χ0) is 14.8. The summed E-state index contributed by atoms with van der Waals surface area (Å²) in [5.41, 5.74) is 2.15. The molecule has 1 rings (SSSR count). The van der Waals surface area contributed by atoms with Gasteiger partial charge >= 0.3 is 0 Å². The lowest BCUT2D eigenvalue weighted by Gasteiger charge is -2.20. The second-order valence-electron chi connectivity index (χ2n) is 4.72. The van der Waals surface area contributed by atoms with Crippen molar-refractivity contribution in [2.45, 2.75) is 32.5 Å².